The van der Waals surface area contributed by atoms with Crippen molar-refractivity contribution in [3.05, 3.63) is 43.0 Å². The van der Waals surface area contributed by atoms with E-state index in [-0.39, 0.29) is 0 Å². The number of nitrogens with zero attached hydrogens (tertiary/aromatic N) is 5. The average molecular weight is 323 g/mol. The maximum atomic E-state index is 5.51. The topological polar surface area (TPSA) is 56.1 Å². The summed E-state index contributed by atoms with van der Waals surface area (Å²) in [7, 11) is 0. The maximum absolute atomic E-state index is 5.51. The summed E-state index contributed by atoms with van der Waals surface area (Å²) in [5.74, 6) is 1.58. The Labute approximate surface area is 141 Å². The first-order chi connectivity index (χ1) is 11.8. The fourth-order valence-corrected chi connectivity index (χ4v) is 3.42. The smallest absolute Gasteiger partial charge is 0.218 e. The number of hydrogen-bond donors (Lipinski definition) is 0. The zero-order valence-electron chi connectivity index (χ0n) is 13.8. The van der Waals surface area contributed by atoms with Crippen LogP contribution in [-0.4, -0.2) is 38.7 Å². The average Bonchev–Trinajstić information content (AvgIpc) is 3.23. The molecule has 1 saturated heterocycles. The zero-order chi connectivity index (χ0) is 16.4. The van der Waals surface area contributed by atoms with E-state index in [4.69, 9.17) is 4.74 Å². The van der Waals surface area contributed by atoms with Gasteiger partial charge in [-0.15, -0.1) is 0 Å². The lowest BCUT2D eigenvalue weighted by atomic mass is 10.2. The van der Waals surface area contributed by atoms with Gasteiger partial charge in [0.2, 0.25) is 5.88 Å². The molecule has 1 aliphatic heterocycles. The summed E-state index contributed by atoms with van der Waals surface area (Å²) in [6.07, 6.45) is 5.85. The van der Waals surface area contributed by atoms with E-state index >= 15 is 0 Å². The second-order valence-electron chi connectivity index (χ2n) is 6.02. The third kappa shape index (κ3) is 2.79. The number of imidazole rings is 1. The normalized spacial score (nSPS) is 17.5. The minimum Gasteiger partial charge on any atom is -0.478 e. The van der Waals surface area contributed by atoms with Crippen LogP contribution in [0.1, 0.15) is 19.8 Å². The van der Waals surface area contributed by atoms with Crippen molar-refractivity contribution in [3.63, 3.8) is 0 Å². The first kappa shape index (κ1) is 14.9. The van der Waals surface area contributed by atoms with Crippen LogP contribution in [0.25, 0.3) is 11.0 Å². The lowest BCUT2D eigenvalue weighted by molar-refractivity contribution is 0.326. The highest BCUT2D eigenvalue weighted by Gasteiger charge is 2.26. The molecule has 3 heterocycles. The van der Waals surface area contributed by atoms with Crippen LogP contribution >= 0.6 is 0 Å². The molecule has 0 radical (unpaired) electrons. The molecule has 4 rings (SSSR count). The molecule has 0 N–H and O–H groups in total. The highest BCUT2D eigenvalue weighted by Crippen LogP contribution is 2.27. The molecular weight excluding hydrogens is 302 g/mol. The monoisotopic (exact) mass is 323 g/mol. The lowest BCUT2D eigenvalue weighted by Gasteiger charge is -2.26. The number of rotatable bonds is 5. The van der Waals surface area contributed by atoms with Crippen LogP contribution in [0.5, 0.6) is 5.88 Å². The molecule has 1 unspecified atom stereocenters. The summed E-state index contributed by atoms with van der Waals surface area (Å²) in [5, 5.41) is 0. The maximum Gasteiger partial charge on any atom is 0.218 e. The second kappa shape index (κ2) is 6.47. The molecule has 6 heteroatoms. The van der Waals surface area contributed by atoms with E-state index in [2.05, 4.69) is 42.6 Å². The van der Waals surface area contributed by atoms with E-state index in [1.807, 2.05) is 25.4 Å². The molecule has 0 amide bonds. The molecule has 24 heavy (non-hydrogen) atoms. The van der Waals surface area contributed by atoms with Gasteiger partial charge in [0.05, 0.1) is 24.0 Å². The van der Waals surface area contributed by atoms with Crippen molar-refractivity contribution in [3.8, 4) is 5.88 Å². The Bertz CT molecular complexity index is 831. The Morgan fingerprint density at radius 1 is 1.21 bits per heavy atom. The summed E-state index contributed by atoms with van der Waals surface area (Å²) in [6, 6.07) is 10.6. The largest absolute Gasteiger partial charge is 0.478 e. The minimum absolute atomic E-state index is 0.409. The summed E-state index contributed by atoms with van der Waals surface area (Å²) < 4.78 is 7.75. The van der Waals surface area contributed by atoms with Gasteiger partial charge in [-0.1, -0.05) is 12.1 Å². The Kier molecular flexibility index (Phi) is 4.02. The van der Waals surface area contributed by atoms with Crippen LogP contribution in [0.2, 0.25) is 0 Å². The predicted octanol–water partition coefficient (Wildman–Crippen LogP) is 2.89. The molecule has 1 fully saturated rings. The summed E-state index contributed by atoms with van der Waals surface area (Å²) in [4.78, 5) is 15.5. The predicted molar refractivity (Wildman–Crippen MR) is 93.3 cm³/mol. The van der Waals surface area contributed by atoms with Gasteiger partial charge in [-0.2, -0.15) is 0 Å². The summed E-state index contributed by atoms with van der Waals surface area (Å²) in [5.41, 5.74) is 2.23. The van der Waals surface area contributed by atoms with Crippen LogP contribution in [-0.2, 0) is 6.54 Å². The van der Waals surface area contributed by atoms with Crippen LogP contribution < -0.4 is 9.64 Å². The van der Waals surface area contributed by atoms with Gasteiger partial charge >= 0.3 is 0 Å². The highest BCUT2D eigenvalue weighted by atomic mass is 16.5. The highest BCUT2D eigenvalue weighted by molar-refractivity contribution is 5.74. The molecule has 124 valence electrons. The minimum atomic E-state index is 0.409. The summed E-state index contributed by atoms with van der Waals surface area (Å²) in [6.45, 7) is 4.50. The van der Waals surface area contributed by atoms with Gasteiger partial charge in [0.1, 0.15) is 12.1 Å². The van der Waals surface area contributed by atoms with E-state index < -0.39 is 0 Å². The number of anilines is 1. The molecule has 1 aliphatic rings. The van der Waals surface area contributed by atoms with Gasteiger partial charge in [0.15, 0.2) is 0 Å². The molecule has 0 spiro atoms. The van der Waals surface area contributed by atoms with Gasteiger partial charge in [0.25, 0.3) is 0 Å². The fraction of sp³-hybridized carbons (Fsp3) is 0.389. The number of benzene rings is 1. The standard InChI is InChI=1S/C18H21N5O/c1-2-24-18-10-17(19-12-20-18)23-9-5-6-14(23)11-22-13-21-15-7-3-4-8-16(15)22/h3-4,7-8,10,12-14H,2,5-6,9,11H2,1H3. The van der Waals surface area contributed by atoms with Crippen molar-refractivity contribution in [2.24, 2.45) is 0 Å². The van der Waals surface area contributed by atoms with Crippen LogP contribution in [0.15, 0.2) is 43.0 Å². The van der Waals surface area contributed by atoms with E-state index in [1.54, 1.807) is 6.33 Å². The van der Waals surface area contributed by atoms with Crippen molar-refractivity contribution < 1.29 is 4.74 Å². The number of para-hydroxylation sites is 2. The third-order valence-corrected chi connectivity index (χ3v) is 4.53. The number of fused-ring (bicyclic) bond motifs is 1. The van der Waals surface area contributed by atoms with Gasteiger partial charge in [-0.25, -0.2) is 15.0 Å². The van der Waals surface area contributed by atoms with E-state index in [1.165, 1.54) is 11.9 Å². The molecule has 1 atom stereocenters. The van der Waals surface area contributed by atoms with E-state index in [9.17, 15) is 0 Å². The van der Waals surface area contributed by atoms with Crippen LogP contribution in [0, 0.1) is 0 Å². The fourth-order valence-electron chi connectivity index (χ4n) is 3.42. The number of ether oxygens (including phenoxy) is 1. The molecule has 3 aromatic rings. The van der Waals surface area contributed by atoms with Crippen molar-refractivity contribution >= 4 is 16.9 Å². The SMILES string of the molecule is CCOc1cc(N2CCCC2Cn2cnc3ccccc32)ncn1. The molecule has 0 bridgehead atoms. The van der Waals surface area contributed by atoms with Gasteiger partial charge in [0, 0.05) is 25.2 Å². The lowest BCUT2D eigenvalue weighted by Crippen LogP contribution is -2.33. The zero-order valence-corrected chi connectivity index (χ0v) is 13.8. The Morgan fingerprint density at radius 2 is 2.12 bits per heavy atom. The van der Waals surface area contributed by atoms with Gasteiger partial charge < -0.3 is 14.2 Å². The molecule has 2 aromatic heterocycles. The quantitative estimate of drug-likeness (QED) is 0.722. The van der Waals surface area contributed by atoms with Crippen LogP contribution in [0.3, 0.4) is 0 Å². The van der Waals surface area contributed by atoms with Gasteiger partial charge in [-0.05, 0) is 31.9 Å². The first-order valence-electron chi connectivity index (χ1n) is 8.46. The number of hydrogen-bond acceptors (Lipinski definition) is 5. The summed E-state index contributed by atoms with van der Waals surface area (Å²) >= 11 is 0. The Morgan fingerprint density at radius 3 is 3.04 bits per heavy atom. The van der Waals surface area contributed by atoms with Crippen molar-refractivity contribution in [1.29, 1.82) is 0 Å². The second-order valence-corrected chi connectivity index (χ2v) is 6.02. The molecular formula is C18H21N5O. The Balaban J connectivity index is 1.58. The van der Waals surface area contributed by atoms with E-state index in [0.29, 0.717) is 18.5 Å². The van der Waals surface area contributed by atoms with Gasteiger partial charge in [-0.3, -0.25) is 0 Å². The van der Waals surface area contributed by atoms with Crippen molar-refractivity contribution in [1.82, 2.24) is 19.5 Å². The first-order valence-corrected chi connectivity index (χ1v) is 8.46. The van der Waals surface area contributed by atoms with Crippen LogP contribution in [0.4, 0.5) is 5.82 Å². The number of aromatic nitrogens is 4. The Hall–Kier alpha value is -2.63. The van der Waals surface area contributed by atoms with E-state index in [0.717, 1.165) is 30.8 Å². The molecule has 0 aliphatic carbocycles. The van der Waals surface area contributed by atoms with Crippen molar-refractivity contribution in [2.45, 2.75) is 32.4 Å². The van der Waals surface area contributed by atoms with Crippen molar-refractivity contribution in [2.75, 3.05) is 18.1 Å². The molecule has 1 aromatic carbocycles. The third-order valence-electron chi connectivity index (χ3n) is 4.53. The molecule has 6 nitrogen and oxygen atoms in total. The molecule has 0 saturated carbocycles.